The van der Waals surface area contributed by atoms with E-state index in [0.717, 1.165) is 18.3 Å². The van der Waals surface area contributed by atoms with Crippen molar-refractivity contribution in [1.29, 1.82) is 0 Å². The van der Waals surface area contributed by atoms with Crippen LogP contribution < -0.4 is 0 Å². The Bertz CT molecular complexity index is 945. The minimum atomic E-state index is -4.60. The number of sulfonamides is 1. The topological polar surface area (TPSA) is 66.1 Å². The van der Waals surface area contributed by atoms with Crippen molar-refractivity contribution in [3.63, 3.8) is 0 Å². The number of aromatic amines is 1. The zero-order valence-corrected chi connectivity index (χ0v) is 13.8. The van der Waals surface area contributed by atoms with Crippen LogP contribution >= 0.6 is 11.6 Å². The Morgan fingerprint density at radius 2 is 1.80 bits per heavy atom. The van der Waals surface area contributed by atoms with Crippen LogP contribution in [0.2, 0.25) is 5.02 Å². The van der Waals surface area contributed by atoms with E-state index in [4.69, 9.17) is 11.6 Å². The number of nitrogens with zero attached hydrogens (tertiary/aromatic N) is 2. The highest BCUT2D eigenvalue weighted by Crippen LogP contribution is 2.61. The number of halogens is 5. The fraction of sp³-hybridized carbons (Fsp3) is 0.357. The Balaban J connectivity index is 1.92. The van der Waals surface area contributed by atoms with Gasteiger partial charge in [-0.05, 0) is 24.3 Å². The van der Waals surface area contributed by atoms with E-state index in [1.54, 1.807) is 0 Å². The second-order valence-corrected chi connectivity index (χ2v) is 8.24. The lowest BCUT2D eigenvalue weighted by Gasteiger charge is -2.32. The second-order valence-electron chi connectivity index (χ2n) is 5.96. The van der Waals surface area contributed by atoms with Crippen LogP contribution in [0.5, 0.6) is 0 Å². The van der Waals surface area contributed by atoms with Crippen molar-refractivity contribution in [2.45, 2.75) is 35.2 Å². The molecule has 0 aliphatic carbocycles. The zero-order chi connectivity index (χ0) is 18.2. The third-order valence-electron chi connectivity index (χ3n) is 4.60. The van der Waals surface area contributed by atoms with E-state index in [1.165, 1.54) is 12.1 Å². The Morgan fingerprint density at radius 1 is 1.16 bits per heavy atom. The van der Waals surface area contributed by atoms with E-state index in [9.17, 15) is 26.0 Å². The number of hydrogen-bond donors (Lipinski definition) is 1. The van der Waals surface area contributed by atoms with Gasteiger partial charge in [-0.15, -0.1) is 0 Å². The highest BCUT2D eigenvalue weighted by molar-refractivity contribution is 7.89. The first-order valence-electron chi connectivity index (χ1n) is 7.15. The third-order valence-corrected chi connectivity index (χ3v) is 6.74. The molecule has 1 fully saturated rings. The molecule has 3 heterocycles. The van der Waals surface area contributed by atoms with Crippen molar-refractivity contribution in [3.05, 3.63) is 46.7 Å². The van der Waals surface area contributed by atoms with E-state index >= 15 is 0 Å². The summed E-state index contributed by atoms with van der Waals surface area (Å²) in [6, 6.07) is 0.160. The first-order valence-corrected chi connectivity index (χ1v) is 8.97. The zero-order valence-electron chi connectivity index (χ0n) is 12.3. The van der Waals surface area contributed by atoms with Crippen molar-refractivity contribution in [1.82, 2.24) is 14.5 Å². The van der Waals surface area contributed by atoms with Crippen LogP contribution in [0.15, 0.2) is 35.4 Å². The lowest BCUT2D eigenvalue weighted by molar-refractivity contribution is -0.196. The highest BCUT2D eigenvalue weighted by atomic mass is 35.5. The summed E-state index contributed by atoms with van der Waals surface area (Å²) in [7, 11) is -4.60. The molecule has 0 radical (unpaired) electrons. The summed E-state index contributed by atoms with van der Waals surface area (Å²) in [4.78, 5) is -0.382. The molecule has 1 N–H and O–H groups in total. The van der Waals surface area contributed by atoms with Gasteiger partial charge in [0.25, 0.3) is 0 Å². The molecule has 2 bridgehead atoms. The number of aromatic nitrogens is 2. The monoisotopic (exact) mass is 395 g/mol. The molecule has 4 rings (SSSR count). The van der Waals surface area contributed by atoms with Crippen LogP contribution in [-0.2, 0) is 16.4 Å². The van der Waals surface area contributed by atoms with Crippen molar-refractivity contribution in [2.24, 2.45) is 0 Å². The number of fused-ring (bicyclic) bond motifs is 4. The van der Waals surface area contributed by atoms with Gasteiger partial charge in [0.15, 0.2) is 0 Å². The number of rotatable bonds is 2. The predicted molar refractivity (Wildman–Crippen MR) is 79.2 cm³/mol. The molecule has 1 saturated heterocycles. The molecule has 2 aliphatic rings. The fourth-order valence-electron chi connectivity index (χ4n) is 3.40. The van der Waals surface area contributed by atoms with Crippen LogP contribution in [0.25, 0.3) is 0 Å². The van der Waals surface area contributed by atoms with Gasteiger partial charge in [-0.25, -0.2) is 8.42 Å². The maximum atomic E-state index is 14.5. The summed E-state index contributed by atoms with van der Waals surface area (Å²) >= 11 is 5.70. The van der Waals surface area contributed by atoms with E-state index in [2.05, 4.69) is 10.2 Å². The van der Waals surface area contributed by atoms with Gasteiger partial charge in [-0.1, -0.05) is 11.6 Å². The molecular weight excluding hydrogens is 386 g/mol. The van der Waals surface area contributed by atoms with Crippen LogP contribution in [0, 0.1) is 0 Å². The molecule has 134 valence electrons. The Kier molecular flexibility index (Phi) is 3.33. The molecule has 0 saturated carbocycles. The Hall–Kier alpha value is -1.65. The SMILES string of the molecule is O=S(=O)(c1ccc(Cl)cc1)N1C2Cc3[nH]ncc3C1C(F)(F)C2(F)F. The molecule has 2 aliphatic heterocycles. The van der Waals surface area contributed by atoms with Gasteiger partial charge < -0.3 is 0 Å². The highest BCUT2D eigenvalue weighted by Gasteiger charge is 2.78. The third kappa shape index (κ3) is 2.04. The molecule has 5 nitrogen and oxygen atoms in total. The van der Waals surface area contributed by atoms with Crippen molar-refractivity contribution in [2.75, 3.05) is 0 Å². The molecule has 2 atom stereocenters. The van der Waals surface area contributed by atoms with Gasteiger partial charge in [0.2, 0.25) is 10.0 Å². The molecule has 11 heteroatoms. The Labute approximate surface area is 144 Å². The van der Waals surface area contributed by atoms with E-state index < -0.39 is 40.4 Å². The number of alkyl halides is 4. The first-order chi connectivity index (χ1) is 11.6. The van der Waals surface area contributed by atoms with Gasteiger partial charge in [0, 0.05) is 22.7 Å². The van der Waals surface area contributed by atoms with Crippen molar-refractivity contribution >= 4 is 21.6 Å². The van der Waals surface area contributed by atoms with Gasteiger partial charge in [0.1, 0.15) is 12.1 Å². The van der Waals surface area contributed by atoms with Crippen LogP contribution in [0.1, 0.15) is 17.3 Å². The van der Waals surface area contributed by atoms with Gasteiger partial charge in [0.05, 0.1) is 11.1 Å². The molecule has 25 heavy (non-hydrogen) atoms. The summed E-state index contributed by atoms with van der Waals surface area (Å²) in [5.41, 5.74) is -0.148. The van der Waals surface area contributed by atoms with Gasteiger partial charge in [-0.2, -0.15) is 27.0 Å². The van der Waals surface area contributed by atoms with E-state index in [-0.39, 0.29) is 25.5 Å². The quantitative estimate of drug-likeness (QED) is 0.795. The predicted octanol–water partition coefficient (Wildman–Crippen LogP) is 3.00. The molecule has 0 spiro atoms. The molecule has 2 unspecified atom stereocenters. The van der Waals surface area contributed by atoms with Crippen LogP contribution in [0.3, 0.4) is 0 Å². The summed E-state index contributed by atoms with van der Waals surface area (Å²) in [5, 5.41) is 6.22. The molecule has 1 aromatic carbocycles. The summed E-state index contributed by atoms with van der Waals surface area (Å²) < 4.78 is 83.6. The first kappa shape index (κ1) is 16.8. The lowest BCUT2D eigenvalue weighted by atomic mass is 10.0. The largest absolute Gasteiger partial charge is 0.332 e. The maximum Gasteiger partial charge on any atom is 0.332 e. The average molecular weight is 396 g/mol. The number of H-pyrrole nitrogens is 1. The standard InChI is InChI=1S/C14H10ClF4N3O2S/c15-7-1-3-8(4-2-7)25(23,24)22-11-5-10-9(6-20-21-10)12(22)14(18,19)13(11,16)17/h1-4,6,11-12H,5H2,(H,20,21). The van der Waals surface area contributed by atoms with Crippen LogP contribution in [-0.4, -0.2) is 40.8 Å². The van der Waals surface area contributed by atoms with E-state index in [0.29, 0.717) is 0 Å². The van der Waals surface area contributed by atoms with Crippen LogP contribution in [0.4, 0.5) is 17.6 Å². The number of benzene rings is 1. The summed E-state index contributed by atoms with van der Waals surface area (Å²) in [6.07, 6.45) is 0.386. The fourth-order valence-corrected chi connectivity index (χ4v) is 5.32. The number of nitrogens with one attached hydrogen (secondary N) is 1. The molecular formula is C14H10ClF4N3O2S. The normalized spacial score (nSPS) is 27.2. The second kappa shape index (κ2) is 4.95. The molecule has 2 aromatic rings. The van der Waals surface area contributed by atoms with Gasteiger partial charge >= 0.3 is 11.8 Å². The van der Waals surface area contributed by atoms with Crippen molar-refractivity contribution in [3.8, 4) is 0 Å². The Morgan fingerprint density at radius 3 is 2.44 bits per heavy atom. The van der Waals surface area contributed by atoms with Crippen molar-refractivity contribution < 1.29 is 26.0 Å². The van der Waals surface area contributed by atoms with Gasteiger partial charge in [-0.3, -0.25) is 5.10 Å². The molecule has 1 aromatic heterocycles. The minimum absolute atomic E-state index is 0.0920. The molecule has 0 amide bonds. The summed E-state index contributed by atoms with van der Waals surface area (Å²) in [5.74, 6) is -9.08. The maximum absolute atomic E-state index is 14.5. The average Bonchev–Trinajstić information content (AvgIpc) is 3.04. The smallest absolute Gasteiger partial charge is 0.282 e. The minimum Gasteiger partial charge on any atom is -0.282 e. The van der Waals surface area contributed by atoms with E-state index in [1.807, 2.05) is 0 Å². The summed E-state index contributed by atoms with van der Waals surface area (Å²) in [6.45, 7) is 0. The lowest BCUT2D eigenvalue weighted by Crippen LogP contribution is -2.47. The number of hydrogen-bond acceptors (Lipinski definition) is 3.